The van der Waals surface area contributed by atoms with E-state index in [0.717, 1.165) is 6.54 Å². The van der Waals surface area contributed by atoms with Gasteiger partial charge >= 0.3 is 10.4 Å². The van der Waals surface area contributed by atoms with Gasteiger partial charge in [0, 0.05) is 11.6 Å². The fourth-order valence-corrected chi connectivity index (χ4v) is 0.850. The third kappa shape index (κ3) is 9.11. The monoisotopic (exact) mass is 220 g/mol. The second-order valence-corrected chi connectivity index (χ2v) is 3.56. The lowest BCUT2D eigenvalue weighted by Gasteiger charge is -1.90. The highest BCUT2D eigenvalue weighted by molar-refractivity contribution is 7.79. The summed E-state index contributed by atoms with van der Waals surface area (Å²) in [6.45, 7) is 5.30. The van der Waals surface area contributed by atoms with E-state index in [0.29, 0.717) is 0 Å². The molecule has 0 unspecified atom stereocenters. The van der Waals surface area contributed by atoms with Crippen LogP contribution < -0.4 is 4.57 Å². The lowest BCUT2D eigenvalue weighted by atomic mass is 10.3. The van der Waals surface area contributed by atoms with Crippen molar-refractivity contribution in [2.75, 3.05) is 0 Å². The van der Waals surface area contributed by atoms with Crippen molar-refractivity contribution < 1.29 is 22.1 Å². The highest BCUT2D eigenvalue weighted by Crippen LogP contribution is 1.88. The molecule has 6 heteroatoms. The van der Waals surface area contributed by atoms with Crippen LogP contribution in [0.4, 0.5) is 0 Å². The van der Waals surface area contributed by atoms with Crippen LogP contribution in [0.5, 0.6) is 0 Å². The summed E-state index contributed by atoms with van der Waals surface area (Å²) >= 11 is 0. The van der Waals surface area contributed by atoms with Gasteiger partial charge in [-0.15, -0.1) is 0 Å². The Kier molecular flexibility index (Phi) is 5.29. The molecule has 0 aliphatic rings. The maximum Gasteiger partial charge on any atom is 0.394 e. The van der Waals surface area contributed by atoms with Crippen LogP contribution in [0, 0.1) is 6.92 Å². The Balaban J connectivity index is 0.000000292. The molecule has 14 heavy (non-hydrogen) atoms. The molecule has 2 N–H and O–H groups in total. The maximum absolute atomic E-state index is 8.74. The number of pyridine rings is 1. The second-order valence-electron chi connectivity index (χ2n) is 2.66. The number of hydrogen-bond donors (Lipinski definition) is 2. The van der Waals surface area contributed by atoms with Gasteiger partial charge in [0.1, 0.15) is 6.54 Å². The van der Waals surface area contributed by atoms with Crippen LogP contribution in [-0.2, 0) is 16.9 Å². The zero-order valence-corrected chi connectivity index (χ0v) is 8.90. The number of aryl methyl sites for hydroxylation is 2. The molecule has 5 nitrogen and oxygen atoms in total. The third-order valence-corrected chi connectivity index (χ3v) is 1.37. The number of rotatable bonds is 1. The van der Waals surface area contributed by atoms with E-state index in [9.17, 15) is 0 Å². The molecule has 80 valence electrons. The van der Waals surface area contributed by atoms with Crippen molar-refractivity contribution in [1.29, 1.82) is 0 Å². The average Bonchev–Trinajstić information content (AvgIpc) is 2.01. The van der Waals surface area contributed by atoms with Crippen LogP contribution >= 0.6 is 0 Å². The molecule has 0 fully saturated rings. The van der Waals surface area contributed by atoms with Gasteiger partial charge in [-0.05, 0) is 19.9 Å². The molecule has 0 radical (unpaired) electrons. The van der Waals surface area contributed by atoms with Crippen LogP contribution in [-0.4, -0.2) is 17.5 Å². The lowest BCUT2D eigenvalue weighted by Crippen LogP contribution is -2.30. The van der Waals surface area contributed by atoms with Crippen LogP contribution in [0.2, 0.25) is 0 Å². The van der Waals surface area contributed by atoms with E-state index in [1.165, 1.54) is 5.56 Å². The van der Waals surface area contributed by atoms with Crippen LogP contribution in [0.3, 0.4) is 0 Å². The SMILES string of the molecule is CC[n+]1cccc(C)c1.O=S(=O)(O)O. The topological polar surface area (TPSA) is 78.5 Å². The molecule has 0 spiro atoms. The molecule has 1 aromatic heterocycles. The minimum atomic E-state index is -4.67. The van der Waals surface area contributed by atoms with Crippen molar-refractivity contribution >= 4 is 10.4 Å². The molecule has 1 rings (SSSR count). The van der Waals surface area contributed by atoms with E-state index in [-0.39, 0.29) is 0 Å². The van der Waals surface area contributed by atoms with Gasteiger partial charge in [-0.3, -0.25) is 9.11 Å². The van der Waals surface area contributed by atoms with Crippen molar-refractivity contribution in [2.45, 2.75) is 20.4 Å². The van der Waals surface area contributed by atoms with Crippen LogP contribution in [0.15, 0.2) is 24.5 Å². The molecule has 0 amide bonds. The smallest absolute Gasteiger partial charge is 0.264 e. The van der Waals surface area contributed by atoms with Gasteiger partial charge in [0.05, 0.1) is 0 Å². The number of hydrogen-bond acceptors (Lipinski definition) is 2. The zero-order chi connectivity index (χ0) is 11.2. The minimum absolute atomic E-state index is 1.06. The van der Waals surface area contributed by atoms with Gasteiger partial charge < -0.3 is 0 Å². The summed E-state index contributed by atoms with van der Waals surface area (Å²) in [7, 11) is -4.67. The van der Waals surface area contributed by atoms with Crippen LogP contribution in [0.1, 0.15) is 12.5 Å². The molecule has 0 aliphatic heterocycles. The summed E-state index contributed by atoms with van der Waals surface area (Å²) in [4.78, 5) is 0. The Bertz CT molecular complexity index is 367. The summed E-state index contributed by atoms with van der Waals surface area (Å²) in [5.41, 5.74) is 1.32. The molecule has 0 atom stereocenters. The van der Waals surface area contributed by atoms with Crippen molar-refractivity contribution in [2.24, 2.45) is 0 Å². The molecule has 1 aromatic rings. The van der Waals surface area contributed by atoms with E-state index >= 15 is 0 Å². The molecule has 0 saturated carbocycles. The average molecular weight is 220 g/mol. The lowest BCUT2D eigenvalue weighted by molar-refractivity contribution is -0.693. The number of nitrogens with zero attached hydrogens (tertiary/aromatic N) is 1. The van der Waals surface area contributed by atoms with Gasteiger partial charge in [0.25, 0.3) is 0 Å². The van der Waals surface area contributed by atoms with E-state index < -0.39 is 10.4 Å². The third-order valence-electron chi connectivity index (χ3n) is 1.37. The van der Waals surface area contributed by atoms with Gasteiger partial charge in [0.15, 0.2) is 12.4 Å². The molecular formula is C8H14NO4S+. The predicted octanol–water partition coefficient (Wildman–Crippen LogP) is 0.650. The highest BCUT2D eigenvalue weighted by atomic mass is 32.3. The van der Waals surface area contributed by atoms with E-state index in [1.807, 2.05) is 0 Å². The first-order valence-corrected chi connectivity index (χ1v) is 5.38. The Morgan fingerprint density at radius 2 is 1.93 bits per heavy atom. The van der Waals surface area contributed by atoms with Crippen molar-refractivity contribution in [3.05, 3.63) is 30.1 Å². The molecule has 0 bridgehead atoms. The Morgan fingerprint density at radius 1 is 1.43 bits per heavy atom. The maximum atomic E-state index is 8.74. The number of aromatic nitrogens is 1. The summed E-state index contributed by atoms with van der Waals surface area (Å²) in [5, 5.41) is 0. The quantitative estimate of drug-likeness (QED) is 0.538. The fourth-order valence-electron chi connectivity index (χ4n) is 0.850. The second kappa shape index (κ2) is 5.69. The molecule has 0 aliphatic carbocycles. The largest absolute Gasteiger partial charge is 0.394 e. The van der Waals surface area contributed by atoms with Crippen molar-refractivity contribution in [3.63, 3.8) is 0 Å². The first kappa shape index (κ1) is 13.0. The van der Waals surface area contributed by atoms with E-state index in [4.69, 9.17) is 17.5 Å². The minimum Gasteiger partial charge on any atom is -0.264 e. The summed E-state index contributed by atoms with van der Waals surface area (Å²) < 4.78 is 33.7. The summed E-state index contributed by atoms with van der Waals surface area (Å²) in [6.07, 6.45) is 4.22. The van der Waals surface area contributed by atoms with Crippen molar-refractivity contribution in [1.82, 2.24) is 0 Å². The zero-order valence-electron chi connectivity index (χ0n) is 8.08. The molecule has 1 heterocycles. The standard InChI is InChI=1S/C8H12N.H2O4S/c1-3-9-6-4-5-8(2)7-9;1-5(2,3)4/h4-7H,3H2,1-2H3;(H2,1,2,3,4)/q+1;. The molecular weight excluding hydrogens is 206 g/mol. The normalized spacial score (nSPS) is 10.3. The van der Waals surface area contributed by atoms with E-state index in [1.54, 1.807) is 0 Å². The highest BCUT2D eigenvalue weighted by Gasteiger charge is 1.92. The van der Waals surface area contributed by atoms with Gasteiger partial charge in [0.2, 0.25) is 0 Å². The van der Waals surface area contributed by atoms with Crippen LogP contribution in [0.25, 0.3) is 0 Å². The Hall–Kier alpha value is -0.980. The summed E-state index contributed by atoms with van der Waals surface area (Å²) in [6, 6.07) is 4.17. The first-order chi connectivity index (χ1) is 6.33. The van der Waals surface area contributed by atoms with Gasteiger partial charge in [-0.1, -0.05) is 0 Å². The Morgan fingerprint density at radius 3 is 2.21 bits per heavy atom. The Labute approximate surface area is 83.6 Å². The predicted molar refractivity (Wildman–Crippen MR) is 51.2 cm³/mol. The fraction of sp³-hybridized carbons (Fsp3) is 0.375. The van der Waals surface area contributed by atoms with E-state index in [2.05, 4.69) is 42.9 Å². The van der Waals surface area contributed by atoms with Gasteiger partial charge in [-0.2, -0.15) is 8.42 Å². The van der Waals surface area contributed by atoms with Gasteiger partial charge in [-0.25, -0.2) is 4.57 Å². The molecule has 0 aromatic carbocycles. The van der Waals surface area contributed by atoms with Crippen molar-refractivity contribution in [3.8, 4) is 0 Å². The summed E-state index contributed by atoms with van der Waals surface area (Å²) in [5.74, 6) is 0. The molecule has 0 saturated heterocycles. The first-order valence-electron chi connectivity index (χ1n) is 3.98.